The largest absolute Gasteiger partial charge is 0.348 e. The number of nitrogens with one attached hydrogen (secondary N) is 2. The van der Waals surface area contributed by atoms with Gasteiger partial charge in [-0.15, -0.1) is 0 Å². The highest BCUT2D eigenvalue weighted by atomic mass is 16.1. The first-order valence-corrected chi connectivity index (χ1v) is 8.88. The van der Waals surface area contributed by atoms with Crippen LogP contribution in [0.25, 0.3) is 0 Å². The number of nitrogens with zero attached hydrogens (tertiary/aromatic N) is 2. The summed E-state index contributed by atoms with van der Waals surface area (Å²) in [7, 11) is 0. The molecule has 2 N–H and O–H groups in total. The molecule has 2 heterocycles. The van der Waals surface area contributed by atoms with Crippen molar-refractivity contribution in [3.05, 3.63) is 53.3 Å². The first-order chi connectivity index (χ1) is 11.8. The van der Waals surface area contributed by atoms with Crippen LogP contribution in [-0.2, 0) is 13.0 Å². The molecule has 0 aliphatic carbocycles. The summed E-state index contributed by atoms with van der Waals surface area (Å²) < 4.78 is 1.97. The van der Waals surface area contributed by atoms with Gasteiger partial charge in [-0.25, -0.2) is 0 Å². The van der Waals surface area contributed by atoms with Crippen molar-refractivity contribution in [1.29, 1.82) is 0 Å². The molecule has 1 atom stereocenters. The fourth-order valence-electron chi connectivity index (χ4n) is 3.23. The van der Waals surface area contributed by atoms with Gasteiger partial charge >= 0.3 is 0 Å². The number of amides is 1. The third-order valence-electron chi connectivity index (χ3n) is 4.49. The van der Waals surface area contributed by atoms with Crippen LogP contribution in [0, 0.1) is 0 Å². The molecule has 1 aromatic heterocycles. The van der Waals surface area contributed by atoms with Crippen LogP contribution >= 0.6 is 0 Å². The van der Waals surface area contributed by atoms with E-state index < -0.39 is 0 Å². The van der Waals surface area contributed by atoms with Gasteiger partial charge in [0, 0.05) is 12.6 Å². The van der Waals surface area contributed by atoms with Crippen LogP contribution in [-0.4, -0.2) is 34.8 Å². The molecule has 1 aliphatic heterocycles. The molecule has 0 bridgehead atoms. The highest BCUT2D eigenvalue weighted by Crippen LogP contribution is 2.14. The molecule has 128 valence electrons. The topological polar surface area (TPSA) is 59.0 Å². The number of piperidine rings is 1. The van der Waals surface area contributed by atoms with Gasteiger partial charge in [0.2, 0.25) is 0 Å². The average Bonchev–Trinajstić information content (AvgIpc) is 3.00. The second-order valence-corrected chi connectivity index (χ2v) is 6.41. The number of aromatic nitrogens is 2. The number of rotatable bonds is 6. The summed E-state index contributed by atoms with van der Waals surface area (Å²) in [5.41, 5.74) is 2.95. The Balaban J connectivity index is 1.76. The fourth-order valence-corrected chi connectivity index (χ4v) is 3.23. The second kappa shape index (κ2) is 8.11. The molecule has 0 radical (unpaired) electrons. The number of carbonyl (C=O) groups is 1. The lowest BCUT2D eigenvalue weighted by atomic mass is 10.1. The SMILES string of the molecule is CCCc1c(C(=O)N[C@H]2CCCNC2)cnn1Cc1ccccc1. The molecular weight excluding hydrogens is 300 g/mol. The zero-order valence-corrected chi connectivity index (χ0v) is 14.3. The third kappa shape index (κ3) is 4.03. The molecule has 5 heteroatoms. The van der Waals surface area contributed by atoms with E-state index in [1.807, 2.05) is 22.9 Å². The number of hydrogen-bond donors (Lipinski definition) is 2. The van der Waals surface area contributed by atoms with Gasteiger partial charge in [0.25, 0.3) is 5.91 Å². The first kappa shape index (κ1) is 16.7. The van der Waals surface area contributed by atoms with Crippen molar-refractivity contribution in [2.75, 3.05) is 13.1 Å². The lowest BCUT2D eigenvalue weighted by Crippen LogP contribution is -2.45. The van der Waals surface area contributed by atoms with E-state index in [0.717, 1.165) is 50.0 Å². The van der Waals surface area contributed by atoms with Crippen molar-refractivity contribution >= 4 is 5.91 Å². The summed E-state index contributed by atoms with van der Waals surface area (Å²) in [6.07, 6.45) is 5.73. The van der Waals surface area contributed by atoms with Gasteiger partial charge in [-0.2, -0.15) is 5.10 Å². The second-order valence-electron chi connectivity index (χ2n) is 6.41. The van der Waals surface area contributed by atoms with E-state index in [2.05, 4.69) is 34.8 Å². The summed E-state index contributed by atoms with van der Waals surface area (Å²) in [5, 5.41) is 11.0. The van der Waals surface area contributed by atoms with Crippen LogP contribution in [0.15, 0.2) is 36.5 Å². The Labute approximate surface area is 143 Å². The predicted octanol–water partition coefficient (Wildman–Crippen LogP) is 2.37. The van der Waals surface area contributed by atoms with E-state index in [0.29, 0.717) is 6.54 Å². The van der Waals surface area contributed by atoms with Crippen molar-refractivity contribution in [2.24, 2.45) is 0 Å². The van der Waals surface area contributed by atoms with Gasteiger partial charge in [0.15, 0.2) is 0 Å². The minimum absolute atomic E-state index is 0.00598. The molecule has 1 aliphatic rings. The van der Waals surface area contributed by atoms with Gasteiger partial charge in [0.1, 0.15) is 0 Å². The predicted molar refractivity (Wildman–Crippen MR) is 95.1 cm³/mol. The molecule has 0 saturated carbocycles. The fraction of sp³-hybridized carbons (Fsp3) is 0.474. The Bertz CT molecular complexity index is 659. The molecule has 2 aromatic rings. The van der Waals surface area contributed by atoms with E-state index in [-0.39, 0.29) is 11.9 Å². The van der Waals surface area contributed by atoms with Gasteiger partial charge in [0.05, 0.1) is 24.0 Å². The van der Waals surface area contributed by atoms with Crippen LogP contribution in [0.1, 0.15) is 47.8 Å². The standard InChI is InChI=1S/C19H26N4O/c1-2-7-18-17(19(24)22-16-10-6-11-20-12-16)13-21-23(18)14-15-8-4-3-5-9-15/h3-5,8-9,13,16,20H,2,6-7,10-12,14H2,1H3,(H,22,24)/t16-/m0/s1. The maximum atomic E-state index is 12.7. The third-order valence-corrected chi connectivity index (χ3v) is 4.49. The Morgan fingerprint density at radius 1 is 1.38 bits per heavy atom. The van der Waals surface area contributed by atoms with Crippen LogP contribution in [0.3, 0.4) is 0 Å². The van der Waals surface area contributed by atoms with Crippen molar-refractivity contribution in [2.45, 2.75) is 45.2 Å². The molecular formula is C19H26N4O. The maximum Gasteiger partial charge on any atom is 0.255 e. The van der Waals surface area contributed by atoms with Crippen molar-refractivity contribution in [1.82, 2.24) is 20.4 Å². The summed E-state index contributed by atoms with van der Waals surface area (Å²) >= 11 is 0. The minimum Gasteiger partial charge on any atom is -0.348 e. The lowest BCUT2D eigenvalue weighted by Gasteiger charge is -2.23. The summed E-state index contributed by atoms with van der Waals surface area (Å²) in [6.45, 7) is 4.73. The Hall–Kier alpha value is -2.14. The van der Waals surface area contributed by atoms with Gasteiger partial charge in [-0.3, -0.25) is 9.48 Å². The molecule has 0 spiro atoms. The first-order valence-electron chi connectivity index (χ1n) is 8.88. The van der Waals surface area contributed by atoms with E-state index >= 15 is 0 Å². The number of hydrogen-bond acceptors (Lipinski definition) is 3. The average molecular weight is 326 g/mol. The molecule has 24 heavy (non-hydrogen) atoms. The smallest absolute Gasteiger partial charge is 0.255 e. The molecule has 0 unspecified atom stereocenters. The van der Waals surface area contributed by atoms with Crippen molar-refractivity contribution in [3.63, 3.8) is 0 Å². The molecule has 1 fully saturated rings. The lowest BCUT2D eigenvalue weighted by molar-refractivity contribution is 0.0929. The van der Waals surface area contributed by atoms with Gasteiger partial charge < -0.3 is 10.6 Å². The zero-order valence-electron chi connectivity index (χ0n) is 14.3. The molecule has 1 saturated heterocycles. The molecule has 1 aromatic carbocycles. The van der Waals surface area contributed by atoms with Crippen LogP contribution in [0.4, 0.5) is 0 Å². The highest BCUT2D eigenvalue weighted by molar-refractivity contribution is 5.95. The van der Waals surface area contributed by atoms with Crippen LogP contribution in [0.2, 0.25) is 0 Å². The Kier molecular flexibility index (Phi) is 5.64. The van der Waals surface area contributed by atoms with Gasteiger partial charge in [-0.1, -0.05) is 43.7 Å². The molecule has 3 rings (SSSR count). The van der Waals surface area contributed by atoms with Crippen molar-refractivity contribution in [3.8, 4) is 0 Å². The van der Waals surface area contributed by atoms with Crippen LogP contribution in [0.5, 0.6) is 0 Å². The highest BCUT2D eigenvalue weighted by Gasteiger charge is 2.21. The zero-order chi connectivity index (χ0) is 16.8. The normalized spacial score (nSPS) is 17.6. The molecule has 1 amide bonds. The quantitative estimate of drug-likeness (QED) is 0.857. The van der Waals surface area contributed by atoms with Crippen molar-refractivity contribution < 1.29 is 4.79 Å². The number of carbonyl (C=O) groups excluding carboxylic acids is 1. The van der Waals surface area contributed by atoms with E-state index in [4.69, 9.17) is 0 Å². The van der Waals surface area contributed by atoms with Crippen LogP contribution < -0.4 is 10.6 Å². The summed E-state index contributed by atoms with van der Waals surface area (Å²) in [6, 6.07) is 10.5. The Morgan fingerprint density at radius 2 is 2.21 bits per heavy atom. The van der Waals surface area contributed by atoms with E-state index in [9.17, 15) is 4.79 Å². The summed E-state index contributed by atoms with van der Waals surface area (Å²) in [5.74, 6) is 0.00598. The van der Waals surface area contributed by atoms with Gasteiger partial charge in [-0.05, 0) is 31.4 Å². The maximum absolute atomic E-state index is 12.7. The monoisotopic (exact) mass is 326 g/mol. The minimum atomic E-state index is 0.00598. The van der Waals surface area contributed by atoms with E-state index in [1.54, 1.807) is 6.20 Å². The summed E-state index contributed by atoms with van der Waals surface area (Å²) in [4.78, 5) is 12.7. The Morgan fingerprint density at radius 3 is 2.92 bits per heavy atom. The number of benzene rings is 1. The van der Waals surface area contributed by atoms with E-state index in [1.165, 1.54) is 5.56 Å². The molecule has 5 nitrogen and oxygen atoms in total.